The third-order valence-electron chi connectivity index (χ3n) is 2.59. The summed E-state index contributed by atoms with van der Waals surface area (Å²) in [5, 5.41) is 3.35. The van der Waals surface area contributed by atoms with E-state index in [4.69, 9.17) is 11.6 Å². The smallest absolute Gasteiger partial charge is 0.252 e. The lowest BCUT2D eigenvalue weighted by molar-refractivity contribution is 0.0956. The number of carbonyl (C=O) groups is 1. The van der Waals surface area contributed by atoms with Crippen molar-refractivity contribution in [3.05, 3.63) is 63.6 Å². The van der Waals surface area contributed by atoms with Crippen LogP contribution in [-0.2, 0) is 0 Å². The summed E-state index contributed by atoms with van der Waals surface area (Å²) in [5.74, 6) is 0.685. The first-order valence-electron chi connectivity index (χ1n) is 6.08. The van der Waals surface area contributed by atoms with Gasteiger partial charge in [0.25, 0.3) is 5.91 Å². The van der Waals surface area contributed by atoms with Gasteiger partial charge in [0.1, 0.15) is 0 Å². The average Bonchev–Trinajstić information content (AvgIpc) is 2.46. The topological polar surface area (TPSA) is 29.1 Å². The summed E-state index contributed by atoms with van der Waals surface area (Å²) in [6, 6.07) is 15.1. The molecule has 0 unspecified atom stereocenters. The predicted octanol–water partition coefficient (Wildman–Crippen LogP) is 4.62. The first-order valence-corrected chi connectivity index (χ1v) is 8.23. The minimum Gasteiger partial charge on any atom is -0.351 e. The van der Waals surface area contributed by atoms with E-state index in [1.807, 2.05) is 30.3 Å². The number of hydrogen-bond acceptors (Lipinski definition) is 2. The van der Waals surface area contributed by atoms with E-state index in [0.29, 0.717) is 17.1 Å². The molecule has 0 bridgehead atoms. The van der Waals surface area contributed by atoms with Crippen LogP contribution in [0, 0.1) is 0 Å². The second-order valence-electron chi connectivity index (χ2n) is 4.04. The quantitative estimate of drug-likeness (QED) is 0.614. The molecule has 20 heavy (non-hydrogen) atoms. The maximum absolute atomic E-state index is 11.9. The monoisotopic (exact) mass is 369 g/mol. The Labute approximate surface area is 136 Å². The predicted molar refractivity (Wildman–Crippen MR) is 88.7 cm³/mol. The Balaban J connectivity index is 1.77. The molecule has 5 heteroatoms. The number of thioether (sulfide) groups is 1. The summed E-state index contributed by atoms with van der Waals surface area (Å²) in [6.07, 6.45) is 0. The highest BCUT2D eigenvalue weighted by Gasteiger charge is 2.08. The van der Waals surface area contributed by atoms with E-state index < -0.39 is 0 Å². The lowest BCUT2D eigenvalue weighted by atomic mass is 10.2. The van der Waals surface area contributed by atoms with Gasteiger partial charge >= 0.3 is 0 Å². The van der Waals surface area contributed by atoms with Gasteiger partial charge < -0.3 is 5.32 Å². The van der Waals surface area contributed by atoms with Crippen molar-refractivity contribution in [1.82, 2.24) is 5.32 Å². The minimum atomic E-state index is -0.132. The largest absolute Gasteiger partial charge is 0.351 e. The molecule has 0 saturated carbocycles. The molecule has 2 aromatic carbocycles. The van der Waals surface area contributed by atoms with E-state index in [0.717, 1.165) is 10.2 Å². The zero-order chi connectivity index (χ0) is 14.4. The SMILES string of the molecule is O=C(NCCSc1ccc(Br)cc1)c1ccccc1Cl. The van der Waals surface area contributed by atoms with Crippen LogP contribution < -0.4 is 5.32 Å². The molecule has 0 aliphatic carbocycles. The normalized spacial score (nSPS) is 10.3. The molecule has 1 N–H and O–H groups in total. The molecule has 0 spiro atoms. The summed E-state index contributed by atoms with van der Waals surface area (Å²) >= 11 is 11.1. The zero-order valence-electron chi connectivity index (χ0n) is 10.6. The van der Waals surface area contributed by atoms with Crippen molar-refractivity contribution in [3.8, 4) is 0 Å². The standard InChI is InChI=1S/C15H13BrClNOS/c16-11-5-7-12(8-6-11)20-10-9-18-15(19)13-3-1-2-4-14(13)17/h1-8H,9-10H2,(H,18,19). The Morgan fingerprint density at radius 3 is 2.55 bits per heavy atom. The van der Waals surface area contributed by atoms with Crippen LogP contribution in [0.15, 0.2) is 57.9 Å². The average molecular weight is 371 g/mol. The van der Waals surface area contributed by atoms with Crippen molar-refractivity contribution in [2.24, 2.45) is 0 Å². The molecule has 2 aromatic rings. The number of carbonyl (C=O) groups excluding carboxylic acids is 1. The third kappa shape index (κ3) is 4.54. The van der Waals surface area contributed by atoms with Gasteiger partial charge in [-0.2, -0.15) is 0 Å². The van der Waals surface area contributed by atoms with Gasteiger partial charge in [0.15, 0.2) is 0 Å². The van der Waals surface area contributed by atoms with Gasteiger partial charge in [0.2, 0.25) is 0 Å². The van der Waals surface area contributed by atoms with E-state index >= 15 is 0 Å². The Bertz CT molecular complexity index is 589. The number of benzene rings is 2. The number of amides is 1. The van der Waals surface area contributed by atoms with Gasteiger partial charge in [0.05, 0.1) is 10.6 Å². The second-order valence-corrected chi connectivity index (χ2v) is 6.53. The first-order chi connectivity index (χ1) is 9.66. The molecule has 104 valence electrons. The molecular formula is C15H13BrClNOS. The maximum Gasteiger partial charge on any atom is 0.252 e. The van der Waals surface area contributed by atoms with Gasteiger partial charge in [-0.1, -0.05) is 39.7 Å². The molecule has 0 aliphatic rings. The fourth-order valence-corrected chi connectivity index (χ4v) is 2.86. The van der Waals surface area contributed by atoms with Crippen LogP contribution in [0.1, 0.15) is 10.4 Å². The highest BCUT2D eigenvalue weighted by Crippen LogP contribution is 2.20. The van der Waals surface area contributed by atoms with Gasteiger partial charge in [-0.25, -0.2) is 0 Å². The number of hydrogen-bond donors (Lipinski definition) is 1. The van der Waals surface area contributed by atoms with Crippen molar-refractivity contribution in [2.75, 3.05) is 12.3 Å². The molecular weight excluding hydrogens is 358 g/mol. The summed E-state index contributed by atoms with van der Waals surface area (Å²) in [4.78, 5) is 13.1. The number of nitrogens with one attached hydrogen (secondary N) is 1. The van der Waals surface area contributed by atoms with Crippen LogP contribution in [0.2, 0.25) is 5.02 Å². The van der Waals surface area contributed by atoms with Crippen LogP contribution in [0.5, 0.6) is 0 Å². The van der Waals surface area contributed by atoms with E-state index in [1.54, 1.807) is 30.0 Å². The Kier molecular flexibility index (Phi) is 5.95. The van der Waals surface area contributed by atoms with Crippen molar-refractivity contribution in [2.45, 2.75) is 4.90 Å². The fraction of sp³-hybridized carbons (Fsp3) is 0.133. The maximum atomic E-state index is 11.9. The van der Waals surface area contributed by atoms with Crippen molar-refractivity contribution < 1.29 is 4.79 Å². The van der Waals surface area contributed by atoms with Gasteiger partial charge in [-0.3, -0.25) is 4.79 Å². The van der Waals surface area contributed by atoms with E-state index in [9.17, 15) is 4.79 Å². The molecule has 2 nitrogen and oxygen atoms in total. The van der Waals surface area contributed by atoms with E-state index in [-0.39, 0.29) is 5.91 Å². The van der Waals surface area contributed by atoms with E-state index in [2.05, 4.69) is 21.2 Å². The van der Waals surface area contributed by atoms with Crippen molar-refractivity contribution >= 4 is 45.2 Å². The minimum absolute atomic E-state index is 0.132. The molecule has 0 radical (unpaired) electrons. The first kappa shape index (κ1) is 15.4. The third-order valence-corrected chi connectivity index (χ3v) is 4.46. The van der Waals surface area contributed by atoms with Gasteiger partial charge in [-0.15, -0.1) is 11.8 Å². The highest BCUT2D eigenvalue weighted by molar-refractivity contribution is 9.10. The molecule has 0 aromatic heterocycles. The van der Waals surface area contributed by atoms with Crippen LogP contribution in [-0.4, -0.2) is 18.2 Å². The number of halogens is 2. The lowest BCUT2D eigenvalue weighted by Crippen LogP contribution is -2.25. The Hall–Kier alpha value is -0.970. The molecule has 0 fully saturated rings. The molecule has 1 amide bonds. The Morgan fingerprint density at radius 2 is 1.85 bits per heavy atom. The fourth-order valence-electron chi connectivity index (χ4n) is 1.60. The summed E-state index contributed by atoms with van der Waals surface area (Å²) in [7, 11) is 0. The van der Waals surface area contributed by atoms with Gasteiger partial charge in [-0.05, 0) is 36.4 Å². The number of rotatable bonds is 5. The molecule has 0 atom stereocenters. The Morgan fingerprint density at radius 1 is 1.15 bits per heavy atom. The summed E-state index contributed by atoms with van der Waals surface area (Å²) in [6.45, 7) is 0.602. The van der Waals surface area contributed by atoms with Crippen LogP contribution in [0.3, 0.4) is 0 Å². The van der Waals surface area contributed by atoms with E-state index in [1.165, 1.54) is 4.90 Å². The molecule has 2 rings (SSSR count). The molecule has 0 heterocycles. The van der Waals surface area contributed by atoms with Crippen molar-refractivity contribution in [1.29, 1.82) is 0 Å². The summed E-state index contributed by atoms with van der Waals surface area (Å²) in [5.41, 5.74) is 0.516. The van der Waals surface area contributed by atoms with Crippen LogP contribution >= 0.6 is 39.3 Å². The molecule has 0 saturated heterocycles. The summed E-state index contributed by atoms with van der Waals surface area (Å²) < 4.78 is 1.06. The lowest BCUT2D eigenvalue weighted by Gasteiger charge is -2.06. The molecule has 0 aliphatic heterocycles. The van der Waals surface area contributed by atoms with Crippen LogP contribution in [0.25, 0.3) is 0 Å². The van der Waals surface area contributed by atoms with Crippen LogP contribution in [0.4, 0.5) is 0 Å². The zero-order valence-corrected chi connectivity index (χ0v) is 13.8. The van der Waals surface area contributed by atoms with Crippen molar-refractivity contribution in [3.63, 3.8) is 0 Å². The highest BCUT2D eigenvalue weighted by atomic mass is 79.9. The van der Waals surface area contributed by atoms with Gasteiger partial charge in [0, 0.05) is 21.7 Å². The second kappa shape index (κ2) is 7.72.